The molecule has 0 unspecified atom stereocenters. The molecule has 1 atom stereocenters. The van der Waals surface area contributed by atoms with Gasteiger partial charge in [-0.2, -0.15) is 5.10 Å². The molecule has 1 saturated heterocycles. The van der Waals surface area contributed by atoms with Crippen molar-refractivity contribution >= 4 is 5.91 Å². The Hall–Kier alpha value is -2.96. The monoisotopic (exact) mass is 391 g/mol. The zero-order valence-electron chi connectivity index (χ0n) is 16.7. The van der Waals surface area contributed by atoms with Gasteiger partial charge in [-0.15, -0.1) is 0 Å². The summed E-state index contributed by atoms with van der Waals surface area (Å²) >= 11 is 0. The number of rotatable bonds is 6. The molecule has 1 N–H and O–H groups in total. The molecule has 3 aromatic rings. The van der Waals surface area contributed by atoms with Crippen molar-refractivity contribution < 1.29 is 14.3 Å². The summed E-state index contributed by atoms with van der Waals surface area (Å²) in [4.78, 5) is 13.1. The van der Waals surface area contributed by atoms with Crippen LogP contribution in [0.4, 0.5) is 0 Å². The number of aromatic nitrogens is 2. The number of ether oxygens (including phenoxy) is 2. The van der Waals surface area contributed by atoms with Crippen LogP contribution in [-0.2, 0) is 9.47 Å². The van der Waals surface area contributed by atoms with E-state index in [4.69, 9.17) is 14.6 Å². The van der Waals surface area contributed by atoms with Crippen molar-refractivity contribution in [3.8, 4) is 16.9 Å². The predicted octanol–water partition coefficient (Wildman–Crippen LogP) is 3.38. The number of aryl methyl sites for hydroxylation is 1. The molecule has 4 rings (SSSR count). The van der Waals surface area contributed by atoms with Crippen LogP contribution in [0.2, 0.25) is 0 Å². The first kappa shape index (κ1) is 19.4. The second-order valence-electron chi connectivity index (χ2n) is 7.41. The fourth-order valence-corrected chi connectivity index (χ4v) is 3.48. The standard InChI is InChI=1S/C23H25N3O3/c1-17-8-10-18(11-9-17)21-20(14-26(25-21)19-6-4-3-5-7-19)22(27)24-15-23(28-2)12-13-29-16-23/h3-11,14H,12-13,15-16H2,1-2H3,(H,24,27)/t23-/m0/s1. The maximum absolute atomic E-state index is 13.1. The van der Waals surface area contributed by atoms with Crippen LogP contribution in [0.5, 0.6) is 0 Å². The Bertz CT molecular complexity index is 974. The molecule has 150 valence electrons. The van der Waals surface area contributed by atoms with E-state index in [9.17, 15) is 4.79 Å². The minimum Gasteiger partial charge on any atom is -0.378 e. The predicted molar refractivity (Wildman–Crippen MR) is 111 cm³/mol. The van der Waals surface area contributed by atoms with Crippen molar-refractivity contribution in [2.24, 2.45) is 0 Å². The van der Waals surface area contributed by atoms with E-state index < -0.39 is 5.60 Å². The van der Waals surface area contributed by atoms with Gasteiger partial charge in [-0.25, -0.2) is 4.68 Å². The lowest BCUT2D eigenvalue weighted by Gasteiger charge is -2.25. The van der Waals surface area contributed by atoms with Crippen LogP contribution in [0, 0.1) is 6.92 Å². The summed E-state index contributed by atoms with van der Waals surface area (Å²) in [7, 11) is 1.66. The van der Waals surface area contributed by atoms with Crippen LogP contribution in [0.25, 0.3) is 16.9 Å². The van der Waals surface area contributed by atoms with Gasteiger partial charge < -0.3 is 14.8 Å². The highest BCUT2D eigenvalue weighted by molar-refractivity contribution is 6.00. The molecule has 2 heterocycles. The lowest BCUT2D eigenvalue weighted by Crippen LogP contribution is -2.45. The van der Waals surface area contributed by atoms with E-state index in [1.807, 2.05) is 61.5 Å². The van der Waals surface area contributed by atoms with Gasteiger partial charge in [0.05, 0.1) is 17.9 Å². The highest BCUT2D eigenvalue weighted by Crippen LogP contribution is 2.25. The number of carbonyl (C=O) groups is 1. The second-order valence-corrected chi connectivity index (χ2v) is 7.41. The van der Waals surface area contributed by atoms with Crippen LogP contribution < -0.4 is 5.32 Å². The molecule has 1 aliphatic rings. The largest absolute Gasteiger partial charge is 0.378 e. The van der Waals surface area contributed by atoms with Crippen LogP contribution in [0.3, 0.4) is 0 Å². The zero-order valence-corrected chi connectivity index (χ0v) is 16.7. The smallest absolute Gasteiger partial charge is 0.255 e. The summed E-state index contributed by atoms with van der Waals surface area (Å²) < 4.78 is 12.8. The number of nitrogens with one attached hydrogen (secondary N) is 1. The maximum Gasteiger partial charge on any atom is 0.255 e. The Labute approximate surface area is 170 Å². The van der Waals surface area contributed by atoms with Gasteiger partial charge in [-0.3, -0.25) is 4.79 Å². The van der Waals surface area contributed by atoms with Gasteiger partial charge in [0.2, 0.25) is 0 Å². The van der Waals surface area contributed by atoms with Gasteiger partial charge in [0, 0.05) is 38.4 Å². The molecule has 0 bridgehead atoms. The topological polar surface area (TPSA) is 65.4 Å². The van der Waals surface area contributed by atoms with E-state index in [-0.39, 0.29) is 5.91 Å². The summed E-state index contributed by atoms with van der Waals surface area (Å²) in [6.45, 7) is 3.56. The summed E-state index contributed by atoms with van der Waals surface area (Å²) in [5.74, 6) is -0.175. The quantitative estimate of drug-likeness (QED) is 0.700. The number of para-hydroxylation sites is 1. The third-order valence-corrected chi connectivity index (χ3v) is 5.38. The average Bonchev–Trinajstić information content (AvgIpc) is 3.41. The SMILES string of the molecule is CO[C@]1(CNC(=O)c2cn(-c3ccccc3)nc2-c2ccc(C)cc2)CCOC1. The van der Waals surface area contributed by atoms with Gasteiger partial charge in [0.15, 0.2) is 0 Å². The molecule has 6 nitrogen and oxygen atoms in total. The first-order chi connectivity index (χ1) is 14.1. The number of methoxy groups -OCH3 is 1. The molecule has 0 aliphatic carbocycles. The van der Waals surface area contributed by atoms with Crippen LogP contribution in [-0.4, -0.2) is 48.2 Å². The van der Waals surface area contributed by atoms with Gasteiger partial charge >= 0.3 is 0 Å². The zero-order chi connectivity index (χ0) is 20.3. The number of hydrogen-bond acceptors (Lipinski definition) is 4. The number of benzene rings is 2. The third kappa shape index (κ3) is 4.09. The van der Waals surface area contributed by atoms with E-state index in [1.54, 1.807) is 18.0 Å². The minimum atomic E-state index is -0.463. The molecule has 0 spiro atoms. The molecular weight excluding hydrogens is 366 g/mol. The van der Waals surface area contributed by atoms with Crippen molar-refractivity contribution in [1.29, 1.82) is 0 Å². The Morgan fingerprint density at radius 1 is 1.21 bits per heavy atom. The van der Waals surface area contributed by atoms with E-state index >= 15 is 0 Å². The summed E-state index contributed by atoms with van der Waals surface area (Å²) in [6, 6.07) is 17.8. The van der Waals surface area contributed by atoms with Crippen molar-refractivity contribution in [2.75, 3.05) is 26.9 Å². The van der Waals surface area contributed by atoms with E-state index in [2.05, 4.69) is 5.32 Å². The van der Waals surface area contributed by atoms with Crippen LogP contribution >= 0.6 is 0 Å². The van der Waals surface area contributed by atoms with Gasteiger partial charge in [-0.05, 0) is 19.1 Å². The number of hydrogen-bond donors (Lipinski definition) is 1. The van der Waals surface area contributed by atoms with Gasteiger partial charge in [0.25, 0.3) is 5.91 Å². The maximum atomic E-state index is 13.1. The normalized spacial score (nSPS) is 18.7. The summed E-state index contributed by atoms with van der Waals surface area (Å²) in [6.07, 6.45) is 2.54. The molecule has 1 aliphatic heterocycles. The Balaban J connectivity index is 1.66. The molecule has 0 saturated carbocycles. The molecule has 2 aromatic carbocycles. The number of carbonyl (C=O) groups excluding carboxylic acids is 1. The van der Waals surface area contributed by atoms with E-state index in [0.717, 1.165) is 23.2 Å². The van der Waals surface area contributed by atoms with Crippen molar-refractivity contribution in [2.45, 2.75) is 18.9 Å². The lowest BCUT2D eigenvalue weighted by atomic mass is 10.0. The van der Waals surface area contributed by atoms with Crippen molar-refractivity contribution in [1.82, 2.24) is 15.1 Å². The van der Waals surface area contributed by atoms with Crippen molar-refractivity contribution in [3.05, 3.63) is 71.9 Å². The van der Waals surface area contributed by atoms with Crippen LogP contribution in [0.1, 0.15) is 22.3 Å². The second kappa shape index (κ2) is 8.19. The molecule has 1 fully saturated rings. The lowest BCUT2D eigenvalue weighted by molar-refractivity contribution is -0.0148. The molecule has 29 heavy (non-hydrogen) atoms. The van der Waals surface area contributed by atoms with E-state index in [0.29, 0.717) is 31.0 Å². The Kier molecular flexibility index (Phi) is 5.47. The van der Waals surface area contributed by atoms with Crippen molar-refractivity contribution in [3.63, 3.8) is 0 Å². The fraction of sp³-hybridized carbons (Fsp3) is 0.304. The van der Waals surface area contributed by atoms with E-state index in [1.165, 1.54) is 0 Å². The average molecular weight is 391 g/mol. The van der Waals surface area contributed by atoms with Gasteiger partial charge in [0.1, 0.15) is 11.3 Å². The molecule has 6 heteroatoms. The molecule has 0 radical (unpaired) electrons. The number of amides is 1. The Morgan fingerprint density at radius 3 is 2.62 bits per heavy atom. The molecule has 1 aromatic heterocycles. The highest BCUT2D eigenvalue weighted by Gasteiger charge is 2.35. The Morgan fingerprint density at radius 2 is 1.97 bits per heavy atom. The first-order valence-electron chi connectivity index (χ1n) is 9.73. The minimum absolute atomic E-state index is 0.175. The fourth-order valence-electron chi connectivity index (χ4n) is 3.48. The molecular formula is C23H25N3O3. The van der Waals surface area contributed by atoms with Crippen LogP contribution in [0.15, 0.2) is 60.8 Å². The van der Waals surface area contributed by atoms with Gasteiger partial charge in [-0.1, -0.05) is 48.0 Å². The molecule has 1 amide bonds. The summed E-state index contributed by atoms with van der Waals surface area (Å²) in [5, 5.41) is 7.74. The highest BCUT2D eigenvalue weighted by atomic mass is 16.5. The first-order valence-corrected chi connectivity index (χ1v) is 9.73. The number of nitrogens with zero attached hydrogens (tertiary/aromatic N) is 2. The third-order valence-electron chi connectivity index (χ3n) is 5.38. The summed E-state index contributed by atoms with van der Waals surface area (Å²) in [5.41, 5.74) is 3.68.